The van der Waals surface area contributed by atoms with E-state index in [0.717, 1.165) is 5.56 Å². The van der Waals surface area contributed by atoms with E-state index in [9.17, 15) is 18.0 Å². The lowest BCUT2D eigenvalue weighted by atomic mass is 10.1. The molecular formula is C21H24N2O4S. The summed E-state index contributed by atoms with van der Waals surface area (Å²) in [7, 11) is -3.35. The van der Waals surface area contributed by atoms with Gasteiger partial charge in [0.05, 0.1) is 22.6 Å². The Morgan fingerprint density at radius 1 is 1.18 bits per heavy atom. The molecule has 2 aromatic rings. The zero-order chi connectivity index (χ0) is 20.3. The average molecular weight is 401 g/mol. The van der Waals surface area contributed by atoms with Crippen LogP contribution in [0.25, 0.3) is 0 Å². The van der Waals surface area contributed by atoms with Crippen molar-refractivity contribution in [3.05, 3.63) is 60.2 Å². The highest BCUT2D eigenvalue weighted by atomic mass is 32.2. The minimum Gasteiger partial charge on any atom is -0.335 e. The van der Waals surface area contributed by atoms with Crippen molar-refractivity contribution in [2.24, 2.45) is 5.92 Å². The molecule has 0 saturated carbocycles. The number of anilines is 1. The van der Waals surface area contributed by atoms with Crippen LogP contribution in [0.2, 0.25) is 0 Å². The first-order valence-corrected chi connectivity index (χ1v) is 10.9. The van der Waals surface area contributed by atoms with Gasteiger partial charge in [-0.3, -0.25) is 9.59 Å². The van der Waals surface area contributed by atoms with E-state index in [1.54, 1.807) is 24.0 Å². The fourth-order valence-corrected chi connectivity index (χ4v) is 4.30. The summed E-state index contributed by atoms with van der Waals surface area (Å²) in [5.74, 6) is -0.806. The first kappa shape index (κ1) is 20.1. The molecule has 28 heavy (non-hydrogen) atoms. The van der Waals surface area contributed by atoms with Crippen LogP contribution < -0.4 is 5.32 Å². The van der Waals surface area contributed by atoms with Crippen molar-refractivity contribution in [2.45, 2.75) is 31.2 Å². The molecule has 0 aromatic heterocycles. The summed E-state index contributed by atoms with van der Waals surface area (Å²) in [4.78, 5) is 27.0. The van der Waals surface area contributed by atoms with Gasteiger partial charge in [-0.05, 0) is 30.7 Å². The standard InChI is InChI=1S/C21H24N2O4S/c1-3-28(26,27)19-11-7-10-18(13-19)22-21(25)17-12-20(24)23(14-17)15(2)16-8-5-4-6-9-16/h4-11,13,15,17H,3,12,14H2,1-2H3,(H,22,25). The number of hydrogen-bond donors (Lipinski definition) is 1. The second-order valence-electron chi connectivity index (χ2n) is 6.95. The van der Waals surface area contributed by atoms with E-state index < -0.39 is 15.8 Å². The molecule has 148 valence electrons. The van der Waals surface area contributed by atoms with Gasteiger partial charge in [0.2, 0.25) is 11.8 Å². The number of nitrogens with one attached hydrogen (secondary N) is 1. The molecular weight excluding hydrogens is 376 g/mol. The first-order chi connectivity index (χ1) is 13.3. The number of amides is 2. The molecule has 1 saturated heterocycles. The molecule has 2 amide bonds. The molecule has 1 heterocycles. The number of carbonyl (C=O) groups is 2. The van der Waals surface area contributed by atoms with Gasteiger partial charge in [0.25, 0.3) is 0 Å². The summed E-state index contributed by atoms with van der Waals surface area (Å²) in [5.41, 5.74) is 1.44. The number of rotatable bonds is 6. The van der Waals surface area contributed by atoms with Crippen molar-refractivity contribution in [1.82, 2.24) is 4.90 Å². The highest BCUT2D eigenvalue weighted by molar-refractivity contribution is 7.91. The van der Waals surface area contributed by atoms with E-state index in [1.165, 1.54) is 12.1 Å². The Morgan fingerprint density at radius 2 is 1.89 bits per heavy atom. The Balaban J connectivity index is 1.69. The Morgan fingerprint density at radius 3 is 2.57 bits per heavy atom. The van der Waals surface area contributed by atoms with Gasteiger partial charge in [0.15, 0.2) is 9.84 Å². The Bertz CT molecular complexity index is 973. The van der Waals surface area contributed by atoms with Crippen LogP contribution in [0.5, 0.6) is 0 Å². The van der Waals surface area contributed by atoms with Crippen LogP contribution in [0.4, 0.5) is 5.69 Å². The van der Waals surface area contributed by atoms with Gasteiger partial charge >= 0.3 is 0 Å². The first-order valence-electron chi connectivity index (χ1n) is 9.30. The van der Waals surface area contributed by atoms with Crippen molar-refractivity contribution < 1.29 is 18.0 Å². The third-order valence-electron chi connectivity index (χ3n) is 5.12. The summed E-state index contributed by atoms with van der Waals surface area (Å²) in [5, 5.41) is 2.76. The molecule has 6 nitrogen and oxygen atoms in total. The molecule has 1 aliphatic rings. The molecule has 3 rings (SSSR count). The molecule has 1 N–H and O–H groups in total. The predicted molar refractivity (Wildman–Crippen MR) is 107 cm³/mol. The van der Waals surface area contributed by atoms with Gasteiger partial charge in [-0.25, -0.2) is 8.42 Å². The summed E-state index contributed by atoms with van der Waals surface area (Å²) in [6.07, 6.45) is 0.149. The van der Waals surface area contributed by atoms with E-state index in [4.69, 9.17) is 0 Å². The summed E-state index contributed by atoms with van der Waals surface area (Å²) in [6, 6.07) is 15.8. The maximum absolute atomic E-state index is 12.7. The Labute approximate surface area is 165 Å². The van der Waals surface area contributed by atoms with Crippen LogP contribution in [-0.4, -0.2) is 37.4 Å². The second kappa shape index (κ2) is 8.14. The fraction of sp³-hybridized carbons (Fsp3) is 0.333. The number of carbonyl (C=O) groups excluding carboxylic acids is 2. The number of sulfone groups is 1. The smallest absolute Gasteiger partial charge is 0.229 e. The van der Waals surface area contributed by atoms with Crippen molar-refractivity contribution >= 4 is 27.3 Å². The minimum atomic E-state index is -3.35. The summed E-state index contributed by atoms with van der Waals surface area (Å²) < 4.78 is 24.1. The lowest BCUT2D eigenvalue weighted by molar-refractivity contribution is -0.129. The summed E-state index contributed by atoms with van der Waals surface area (Å²) in [6.45, 7) is 3.87. The number of benzene rings is 2. The molecule has 2 atom stereocenters. The topological polar surface area (TPSA) is 83.5 Å². The number of nitrogens with zero attached hydrogens (tertiary/aromatic N) is 1. The molecule has 0 spiro atoms. The van der Waals surface area contributed by atoms with Gasteiger partial charge in [0.1, 0.15) is 0 Å². The fourth-order valence-electron chi connectivity index (χ4n) is 3.37. The zero-order valence-electron chi connectivity index (χ0n) is 16.0. The van der Waals surface area contributed by atoms with Crippen LogP contribution >= 0.6 is 0 Å². The van der Waals surface area contributed by atoms with Crippen molar-refractivity contribution in [1.29, 1.82) is 0 Å². The van der Waals surface area contributed by atoms with Crippen LogP contribution in [0.1, 0.15) is 31.9 Å². The van der Waals surface area contributed by atoms with Crippen LogP contribution in [-0.2, 0) is 19.4 Å². The SMILES string of the molecule is CCS(=O)(=O)c1cccc(NC(=O)C2CC(=O)N(C(C)c3ccccc3)C2)c1. The molecule has 0 bridgehead atoms. The van der Waals surface area contributed by atoms with E-state index in [2.05, 4.69) is 5.32 Å². The lowest BCUT2D eigenvalue weighted by Gasteiger charge is -2.25. The van der Waals surface area contributed by atoms with Gasteiger partial charge in [-0.2, -0.15) is 0 Å². The number of hydrogen-bond acceptors (Lipinski definition) is 4. The third kappa shape index (κ3) is 4.25. The lowest BCUT2D eigenvalue weighted by Crippen LogP contribution is -2.30. The highest BCUT2D eigenvalue weighted by Crippen LogP contribution is 2.29. The maximum atomic E-state index is 12.7. The van der Waals surface area contributed by atoms with Gasteiger partial charge in [-0.1, -0.05) is 43.3 Å². The predicted octanol–water partition coefficient (Wildman–Crippen LogP) is 3.03. The van der Waals surface area contributed by atoms with Crippen molar-refractivity contribution in [2.75, 3.05) is 17.6 Å². The molecule has 7 heteroatoms. The molecule has 0 aliphatic carbocycles. The molecule has 2 aromatic carbocycles. The van der Waals surface area contributed by atoms with Crippen molar-refractivity contribution in [3.63, 3.8) is 0 Å². The highest BCUT2D eigenvalue weighted by Gasteiger charge is 2.37. The van der Waals surface area contributed by atoms with Crippen LogP contribution in [0, 0.1) is 5.92 Å². The molecule has 1 fully saturated rings. The maximum Gasteiger partial charge on any atom is 0.229 e. The Hall–Kier alpha value is -2.67. The largest absolute Gasteiger partial charge is 0.335 e. The van der Waals surface area contributed by atoms with E-state index in [1.807, 2.05) is 37.3 Å². The quantitative estimate of drug-likeness (QED) is 0.808. The minimum absolute atomic E-state index is 0.00609. The summed E-state index contributed by atoms with van der Waals surface area (Å²) >= 11 is 0. The third-order valence-corrected chi connectivity index (χ3v) is 6.85. The van der Waals surface area contributed by atoms with Crippen molar-refractivity contribution in [3.8, 4) is 0 Å². The van der Waals surface area contributed by atoms with E-state index in [0.29, 0.717) is 12.2 Å². The van der Waals surface area contributed by atoms with Gasteiger partial charge < -0.3 is 10.2 Å². The Kier molecular flexibility index (Phi) is 5.84. The molecule has 0 radical (unpaired) electrons. The average Bonchev–Trinajstić information content (AvgIpc) is 3.10. The zero-order valence-corrected chi connectivity index (χ0v) is 16.8. The monoisotopic (exact) mass is 400 g/mol. The number of likely N-dealkylation sites (tertiary alicyclic amines) is 1. The van der Waals surface area contributed by atoms with E-state index >= 15 is 0 Å². The van der Waals surface area contributed by atoms with Gasteiger partial charge in [-0.15, -0.1) is 0 Å². The molecule has 2 unspecified atom stereocenters. The normalized spacial score (nSPS) is 18.1. The van der Waals surface area contributed by atoms with E-state index in [-0.39, 0.29) is 34.9 Å². The second-order valence-corrected chi connectivity index (χ2v) is 9.23. The van der Waals surface area contributed by atoms with Crippen LogP contribution in [0.3, 0.4) is 0 Å². The molecule has 1 aliphatic heterocycles. The van der Waals surface area contributed by atoms with Crippen LogP contribution in [0.15, 0.2) is 59.5 Å². The van der Waals surface area contributed by atoms with Gasteiger partial charge in [0, 0.05) is 18.7 Å².